The number of hydrogen-bond acceptors (Lipinski definition) is 3. The first-order chi connectivity index (χ1) is 11.3. The van der Waals surface area contributed by atoms with Gasteiger partial charge in [0.2, 0.25) is 0 Å². The zero-order chi connectivity index (χ0) is 15.6. The third-order valence-corrected chi connectivity index (χ3v) is 4.27. The van der Waals surface area contributed by atoms with E-state index >= 15 is 0 Å². The number of imidazole rings is 1. The van der Waals surface area contributed by atoms with Gasteiger partial charge >= 0.3 is 0 Å². The maximum Gasteiger partial charge on any atom is 0.119 e. The predicted molar refractivity (Wildman–Crippen MR) is 90.2 cm³/mol. The number of fused-ring (bicyclic) bond motifs is 1. The molecule has 4 heteroatoms. The van der Waals surface area contributed by atoms with Gasteiger partial charge in [0.1, 0.15) is 23.9 Å². The van der Waals surface area contributed by atoms with Crippen molar-refractivity contribution in [1.29, 1.82) is 0 Å². The van der Waals surface area contributed by atoms with E-state index in [1.807, 2.05) is 30.3 Å². The van der Waals surface area contributed by atoms with Gasteiger partial charge in [-0.1, -0.05) is 12.1 Å². The van der Waals surface area contributed by atoms with E-state index in [2.05, 4.69) is 22.8 Å². The lowest BCUT2D eigenvalue weighted by atomic mass is 10.3. The average Bonchev–Trinajstić information content (AvgIpc) is 3.38. The zero-order valence-corrected chi connectivity index (χ0v) is 13.2. The summed E-state index contributed by atoms with van der Waals surface area (Å²) in [6.07, 6.45) is 2.51. The van der Waals surface area contributed by atoms with Gasteiger partial charge in [-0.2, -0.15) is 0 Å². The quantitative estimate of drug-likeness (QED) is 0.690. The molecule has 1 saturated carbocycles. The van der Waals surface area contributed by atoms with Crippen LogP contribution in [0.15, 0.2) is 48.5 Å². The van der Waals surface area contributed by atoms with Gasteiger partial charge in [0, 0.05) is 5.92 Å². The summed E-state index contributed by atoms with van der Waals surface area (Å²) in [5, 5.41) is 0. The van der Waals surface area contributed by atoms with Crippen molar-refractivity contribution in [3.05, 3.63) is 54.4 Å². The molecule has 0 saturated heterocycles. The summed E-state index contributed by atoms with van der Waals surface area (Å²) in [4.78, 5) is 4.81. The number of nitrogens with zero attached hydrogens (tertiary/aromatic N) is 2. The molecule has 1 fully saturated rings. The number of methoxy groups -OCH3 is 1. The van der Waals surface area contributed by atoms with Crippen LogP contribution in [0.1, 0.15) is 24.6 Å². The fourth-order valence-corrected chi connectivity index (χ4v) is 2.91. The maximum atomic E-state index is 5.88. The van der Waals surface area contributed by atoms with Gasteiger partial charge < -0.3 is 14.0 Å². The van der Waals surface area contributed by atoms with Gasteiger partial charge in [0.05, 0.1) is 24.7 Å². The summed E-state index contributed by atoms with van der Waals surface area (Å²) in [7, 11) is 1.67. The van der Waals surface area contributed by atoms with Gasteiger partial charge in [-0.25, -0.2) is 4.98 Å². The highest BCUT2D eigenvalue weighted by Gasteiger charge is 2.29. The van der Waals surface area contributed by atoms with E-state index in [0.717, 1.165) is 23.6 Å². The molecule has 0 N–H and O–H groups in total. The van der Waals surface area contributed by atoms with Crippen molar-refractivity contribution in [1.82, 2.24) is 9.55 Å². The molecule has 23 heavy (non-hydrogen) atoms. The van der Waals surface area contributed by atoms with Crippen LogP contribution in [0.2, 0.25) is 0 Å². The zero-order valence-electron chi connectivity index (χ0n) is 13.2. The Bertz CT molecular complexity index is 804. The maximum absolute atomic E-state index is 5.88. The minimum absolute atomic E-state index is 0.628. The number of ether oxygens (including phenoxy) is 2. The highest BCUT2D eigenvalue weighted by Crippen LogP contribution is 2.40. The lowest BCUT2D eigenvalue weighted by molar-refractivity contribution is 0.297. The fraction of sp³-hybridized carbons (Fsp3) is 0.316. The van der Waals surface area contributed by atoms with Crippen LogP contribution in [0, 0.1) is 0 Å². The molecular weight excluding hydrogens is 288 g/mol. The molecule has 1 aliphatic rings. The normalized spacial score (nSPS) is 14.1. The molecule has 3 aromatic rings. The topological polar surface area (TPSA) is 36.3 Å². The van der Waals surface area contributed by atoms with E-state index < -0.39 is 0 Å². The molecule has 0 bridgehead atoms. The third kappa shape index (κ3) is 2.89. The molecule has 118 valence electrons. The number of hydrogen-bond donors (Lipinski definition) is 0. The Kier molecular flexibility index (Phi) is 3.66. The number of benzene rings is 2. The minimum atomic E-state index is 0.628. The molecule has 1 heterocycles. The molecule has 0 aliphatic heterocycles. The summed E-state index contributed by atoms with van der Waals surface area (Å²) in [5.41, 5.74) is 2.28. The van der Waals surface area contributed by atoms with E-state index in [4.69, 9.17) is 14.5 Å². The molecule has 1 aliphatic carbocycles. The Labute approximate surface area is 135 Å². The second kappa shape index (κ2) is 5.95. The monoisotopic (exact) mass is 308 g/mol. The Morgan fingerprint density at radius 3 is 2.52 bits per heavy atom. The molecule has 0 radical (unpaired) electrons. The van der Waals surface area contributed by atoms with Crippen LogP contribution in [-0.4, -0.2) is 23.3 Å². The van der Waals surface area contributed by atoms with E-state index in [1.54, 1.807) is 7.11 Å². The second-order valence-electron chi connectivity index (χ2n) is 5.91. The lowest BCUT2D eigenvalue weighted by Crippen LogP contribution is -2.10. The Balaban J connectivity index is 1.49. The van der Waals surface area contributed by atoms with E-state index in [-0.39, 0.29) is 0 Å². The molecule has 4 nitrogen and oxygen atoms in total. The predicted octanol–water partition coefficient (Wildman–Crippen LogP) is 4.00. The molecule has 2 aromatic carbocycles. The molecule has 0 amide bonds. The molecule has 4 rings (SSSR count). The summed E-state index contributed by atoms with van der Waals surface area (Å²) < 4.78 is 13.4. The largest absolute Gasteiger partial charge is 0.497 e. The number of para-hydroxylation sites is 2. The van der Waals surface area contributed by atoms with E-state index in [9.17, 15) is 0 Å². The highest BCUT2D eigenvalue weighted by atomic mass is 16.5. The van der Waals surface area contributed by atoms with Crippen LogP contribution in [0.4, 0.5) is 0 Å². The van der Waals surface area contributed by atoms with Gasteiger partial charge in [-0.05, 0) is 49.2 Å². The van der Waals surface area contributed by atoms with E-state index in [0.29, 0.717) is 12.5 Å². The Morgan fingerprint density at radius 2 is 1.78 bits per heavy atom. The minimum Gasteiger partial charge on any atom is -0.497 e. The second-order valence-corrected chi connectivity index (χ2v) is 5.91. The van der Waals surface area contributed by atoms with Crippen LogP contribution in [0.3, 0.4) is 0 Å². The number of aromatic nitrogens is 2. The van der Waals surface area contributed by atoms with Crippen molar-refractivity contribution in [2.75, 3.05) is 13.7 Å². The van der Waals surface area contributed by atoms with Crippen LogP contribution in [0.5, 0.6) is 11.5 Å². The molecule has 0 unspecified atom stereocenters. The highest BCUT2D eigenvalue weighted by molar-refractivity contribution is 5.76. The standard InChI is InChI=1S/C19H20N2O2/c1-22-15-8-10-16(11-9-15)23-13-12-21-18-5-3-2-4-17(18)20-19(21)14-6-7-14/h2-5,8-11,14H,6-7,12-13H2,1H3. The van der Waals surface area contributed by atoms with Gasteiger partial charge in [0.15, 0.2) is 0 Å². The molecule has 1 aromatic heterocycles. The first-order valence-electron chi connectivity index (χ1n) is 8.07. The van der Waals surface area contributed by atoms with Crippen molar-refractivity contribution >= 4 is 11.0 Å². The molecule has 0 atom stereocenters. The summed E-state index contributed by atoms with van der Waals surface area (Å²) >= 11 is 0. The van der Waals surface area contributed by atoms with Gasteiger partial charge in [0.25, 0.3) is 0 Å². The molecular formula is C19H20N2O2. The molecule has 0 spiro atoms. The van der Waals surface area contributed by atoms with Gasteiger partial charge in [-0.15, -0.1) is 0 Å². The lowest BCUT2D eigenvalue weighted by Gasteiger charge is -2.11. The average molecular weight is 308 g/mol. The first-order valence-corrected chi connectivity index (χ1v) is 8.07. The third-order valence-electron chi connectivity index (χ3n) is 4.27. The summed E-state index contributed by atoms with van der Waals surface area (Å²) in [6.45, 7) is 1.45. The first kappa shape index (κ1) is 14.1. The van der Waals surface area contributed by atoms with Crippen LogP contribution in [0.25, 0.3) is 11.0 Å². The van der Waals surface area contributed by atoms with Crippen molar-refractivity contribution < 1.29 is 9.47 Å². The Morgan fingerprint density at radius 1 is 1.04 bits per heavy atom. The van der Waals surface area contributed by atoms with Crippen molar-refractivity contribution in [2.45, 2.75) is 25.3 Å². The Hall–Kier alpha value is -2.49. The fourth-order valence-electron chi connectivity index (χ4n) is 2.91. The van der Waals surface area contributed by atoms with Crippen LogP contribution in [-0.2, 0) is 6.54 Å². The number of rotatable bonds is 6. The van der Waals surface area contributed by atoms with Crippen molar-refractivity contribution in [2.24, 2.45) is 0 Å². The van der Waals surface area contributed by atoms with Crippen molar-refractivity contribution in [3.63, 3.8) is 0 Å². The van der Waals surface area contributed by atoms with Crippen LogP contribution < -0.4 is 9.47 Å². The van der Waals surface area contributed by atoms with Crippen molar-refractivity contribution in [3.8, 4) is 11.5 Å². The van der Waals surface area contributed by atoms with Gasteiger partial charge in [-0.3, -0.25) is 0 Å². The summed E-state index contributed by atoms with van der Waals surface area (Å²) in [6, 6.07) is 16.0. The smallest absolute Gasteiger partial charge is 0.119 e. The summed E-state index contributed by atoms with van der Waals surface area (Å²) in [5.74, 6) is 3.55. The van der Waals surface area contributed by atoms with Crippen LogP contribution >= 0.6 is 0 Å². The SMILES string of the molecule is COc1ccc(OCCn2c(C3CC3)nc3ccccc32)cc1. The van der Waals surface area contributed by atoms with E-state index in [1.165, 1.54) is 24.2 Å².